The Kier molecular flexibility index (Phi) is 4.88. The number of hydrogen-bond donors (Lipinski definition) is 0. The minimum absolute atomic E-state index is 0.142. The maximum absolute atomic E-state index is 12.9. The van der Waals surface area contributed by atoms with E-state index >= 15 is 0 Å². The fraction of sp³-hybridized carbons (Fsp3) is 0.350. The molecule has 4 rings (SSSR count). The van der Waals surface area contributed by atoms with Gasteiger partial charge in [0.1, 0.15) is 5.76 Å². The summed E-state index contributed by atoms with van der Waals surface area (Å²) in [6.45, 7) is 1.72. The summed E-state index contributed by atoms with van der Waals surface area (Å²) in [6.07, 6.45) is 8.22. The highest BCUT2D eigenvalue weighted by Gasteiger charge is 2.29. The van der Waals surface area contributed by atoms with Gasteiger partial charge in [-0.2, -0.15) is 4.31 Å². The lowest BCUT2D eigenvalue weighted by molar-refractivity contribution is -0.114. The molecule has 1 aromatic carbocycles. The molecular formula is C20H22N2O4S. The first-order valence-corrected chi connectivity index (χ1v) is 10.7. The predicted octanol–water partition coefficient (Wildman–Crippen LogP) is 3.06. The van der Waals surface area contributed by atoms with E-state index in [4.69, 9.17) is 4.42 Å². The van der Waals surface area contributed by atoms with Crippen LogP contribution in [0.1, 0.15) is 30.6 Å². The van der Waals surface area contributed by atoms with Gasteiger partial charge >= 0.3 is 0 Å². The van der Waals surface area contributed by atoms with Gasteiger partial charge in [-0.15, -0.1) is 0 Å². The number of carbonyl (C=O) groups excluding carboxylic acids is 1. The van der Waals surface area contributed by atoms with Gasteiger partial charge in [-0.3, -0.25) is 4.79 Å². The molecule has 142 valence electrons. The summed E-state index contributed by atoms with van der Waals surface area (Å²) in [5.74, 6) is 0.475. The average molecular weight is 386 g/mol. The first-order chi connectivity index (χ1) is 13.1. The maximum atomic E-state index is 12.9. The van der Waals surface area contributed by atoms with Crippen molar-refractivity contribution in [2.24, 2.45) is 0 Å². The number of nitrogens with zero attached hydrogens (tertiary/aromatic N) is 2. The molecule has 1 aromatic heterocycles. The molecular weight excluding hydrogens is 364 g/mol. The molecule has 7 heteroatoms. The fourth-order valence-corrected chi connectivity index (χ4v) is 5.22. The molecule has 0 atom stereocenters. The van der Waals surface area contributed by atoms with Crippen molar-refractivity contribution in [2.45, 2.75) is 30.6 Å². The first-order valence-electron chi connectivity index (χ1n) is 9.22. The largest absolute Gasteiger partial charge is 0.465 e. The van der Waals surface area contributed by atoms with Crippen molar-refractivity contribution >= 4 is 27.7 Å². The van der Waals surface area contributed by atoms with Crippen molar-refractivity contribution in [1.29, 1.82) is 0 Å². The summed E-state index contributed by atoms with van der Waals surface area (Å²) < 4.78 is 32.5. The van der Waals surface area contributed by atoms with Crippen molar-refractivity contribution in [3.8, 4) is 0 Å². The summed E-state index contributed by atoms with van der Waals surface area (Å²) >= 11 is 0. The third-order valence-corrected chi connectivity index (χ3v) is 6.99. The smallest absolute Gasteiger partial charge is 0.251 e. The normalized spacial score (nSPS) is 18.1. The maximum Gasteiger partial charge on any atom is 0.251 e. The lowest BCUT2D eigenvalue weighted by Gasteiger charge is -2.26. The SMILES string of the molecule is O=C(/C=C/c1ccco1)N1CCc2cc(S(=O)(=O)N3CCCCC3)ccc21. The van der Waals surface area contributed by atoms with Crippen molar-refractivity contribution in [1.82, 2.24) is 4.31 Å². The van der Waals surface area contributed by atoms with E-state index in [2.05, 4.69) is 0 Å². The molecule has 3 heterocycles. The highest BCUT2D eigenvalue weighted by atomic mass is 32.2. The third-order valence-electron chi connectivity index (χ3n) is 5.10. The van der Waals surface area contributed by atoms with E-state index < -0.39 is 10.0 Å². The van der Waals surface area contributed by atoms with Crippen molar-refractivity contribution in [3.63, 3.8) is 0 Å². The molecule has 0 aliphatic carbocycles. The Morgan fingerprint density at radius 2 is 1.89 bits per heavy atom. The van der Waals surface area contributed by atoms with Gasteiger partial charge in [-0.05, 0) is 61.2 Å². The Balaban J connectivity index is 1.54. The lowest BCUT2D eigenvalue weighted by Crippen LogP contribution is -2.35. The summed E-state index contributed by atoms with van der Waals surface area (Å²) in [5, 5.41) is 0. The van der Waals surface area contributed by atoms with Gasteiger partial charge < -0.3 is 9.32 Å². The number of carbonyl (C=O) groups is 1. The summed E-state index contributed by atoms with van der Waals surface area (Å²) in [5.41, 5.74) is 1.68. The molecule has 0 unspecified atom stereocenters. The molecule has 1 fully saturated rings. The zero-order valence-corrected chi connectivity index (χ0v) is 15.8. The number of rotatable bonds is 4. The van der Waals surface area contributed by atoms with E-state index in [-0.39, 0.29) is 5.91 Å². The number of amides is 1. The van der Waals surface area contributed by atoms with Crippen LogP contribution in [0.4, 0.5) is 5.69 Å². The second-order valence-electron chi connectivity index (χ2n) is 6.84. The molecule has 1 amide bonds. The van der Waals surface area contributed by atoms with E-state index in [1.165, 1.54) is 6.08 Å². The minimum Gasteiger partial charge on any atom is -0.465 e. The van der Waals surface area contributed by atoms with Crippen molar-refractivity contribution in [3.05, 3.63) is 54.0 Å². The van der Waals surface area contributed by atoms with Crippen LogP contribution in [0.3, 0.4) is 0 Å². The van der Waals surface area contributed by atoms with E-state index in [1.54, 1.807) is 51.9 Å². The van der Waals surface area contributed by atoms with Gasteiger partial charge in [-0.25, -0.2) is 8.42 Å². The Morgan fingerprint density at radius 3 is 2.63 bits per heavy atom. The number of piperidine rings is 1. The Labute approximate surface area is 159 Å². The number of benzene rings is 1. The van der Waals surface area contributed by atoms with E-state index in [0.717, 1.165) is 30.5 Å². The van der Waals surface area contributed by atoms with Gasteiger partial charge in [0.2, 0.25) is 10.0 Å². The van der Waals surface area contributed by atoms with Crippen LogP contribution in [0.5, 0.6) is 0 Å². The van der Waals surface area contributed by atoms with Crippen LogP contribution in [-0.2, 0) is 21.2 Å². The van der Waals surface area contributed by atoms with Crippen LogP contribution in [0.25, 0.3) is 6.08 Å². The molecule has 0 radical (unpaired) electrons. The van der Waals surface area contributed by atoms with Gasteiger partial charge in [0.25, 0.3) is 5.91 Å². The topological polar surface area (TPSA) is 70.8 Å². The van der Waals surface area contributed by atoms with Gasteiger partial charge in [0, 0.05) is 31.4 Å². The van der Waals surface area contributed by atoms with Gasteiger partial charge in [0.05, 0.1) is 11.2 Å². The number of anilines is 1. The molecule has 0 bridgehead atoms. The highest BCUT2D eigenvalue weighted by Crippen LogP contribution is 2.32. The van der Waals surface area contributed by atoms with E-state index in [0.29, 0.717) is 36.7 Å². The van der Waals surface area contributed by atoms with Crippen LogP contribution in [0, 0.1) is 0 Å². The van der Waals surface area contributed by atoms with Crippen LogP contribution >= 0.6 is 0 Å². The van der Waals surface area contributed by atoms with Gasteiger partial charge in [-0.1, -0.05) is 6.42 Å². The van der Waals surface area contributed by atoms with Crippen LogP contribution < -0.4 is 4.90 Å². The summed E-state index contributed by atoms with van der Waals surface area (Å²) in [7, 11) is -3.46. The lowest BCUT2D eigenvalue weighted by atomic mass is 10.2. The molecule has 0 N–H and O–H groups in total. The molecule has 2 aliphatic heterocycles. The summed E-state index contributed by atoms with van der Waals surface area (Å²) in [6, 6.07) is 8.63. The molecule has 0 spiro atoms. The molecule has 6 nitrogen and oxygen atoms in total. The quantitative estimate of drug-likeness (QED) is 0.757. The molecule has 0 saturated carbocycles. The predicted molar refractivity (Wildman–Crippen MR) is 103 cm³/mol. The number of fused-ring (bicyclic) bond motifs is 1. The number of furan rings is 1. The number of sulfonamides is 1. The molecule has 1 saturated heterocycles. The fourth-order valence-electron chi connectivity index (χ4n) is 3.65. The zero-order valence-electron chi connectivity index (χ0n) is 15.0. The third kappa shape index (κ3) is 3.57. The average Bonchev–Trinajstić information content (AvgIpc) is 3.36. The monoisotopic (exact) mass is 386 g/mol. The summed E-state index contributed by atoms with van der Waals surface area (Å²) in [4.78, 5) is 14.5. The minimum atomic E-state index is -3.46. The molecule has 27 heavy (non-hydrogen) atoms. The highest BCUT2D eigenvalue weighted by molar-refractivity contribution is 7.89. The van der Waals surface area contributed by atoms with Crippen molar-refractivity contribution in [2.75, 3.05) is 24.5 Å². The molecule has 2 aliphatic rings. The first kappa shape index (κ1) is 18.0. The van der Waals surface area contributed by atoms with E-state index in [1.807, 2.05) is 0 Å². The zero-order chi connectivity index (χ0) is 18.9. The second-order valence-corrected chi connectivity index (χ2v) is 8.78. The van der Waals surface area contributed by atoms with Gasteiger partial charge in [0.15, 0.2) is 0 Å². The van der Waals surface area contributed by atoms with Crippen LogP contribution in [-0.4, -0.2) is 38.3 Å². The van der Waals surface area contributed by atoms with E-state index in [9.17, 15) is 13.2 Å². The molecule has 2 aromatic rings. The van der Waals surface area contributed by atoms with Crippen molar-refractivity contribution < 1.29 is 17.6 Å². The second kappa shape index (κ2) is 7.32. The number of hydrogen-bond acceptors (Lipinski definition) is 4. The van der Waals surface area contributed by atoms with Crippen LogP contribution in [0.2, 0.25) is 0 Å². The standard InChI is InChI=1S/C20H22N2O4S/c23-20(9-6-17-5-4-14-26-17)22-13-10-16-15-18(7-8-19(16)22)27(24,25)21-11-2-1-3-12-21/h4-9,14-15H,1-3,10-13H2/b9-6+. The Morgan fingerprint density at radius 1 is 1.07 bits per heavy atom. The van der Waals surface area contributed by atoms with Crippen LogP contribution in [0.15, 0.2) is 52.0 Å². The Bertz CT molecular complexity index is 958. The Hall–Kier alpha value is -2.38.